The topological polar surface area (TPSA) is 92.9 Å². The smallest absolute Gasteiger partial charge is 0.326 e. The van der Waals surface area contributed by atoms with E-state index in [-0.39, 0.29) is 5.92 Å². The summed E-state index contributed by atoms with van der Waals surface area (Å²) in [5.41, 5.74) is 0. The van der Waals surface area contributed by atoms with Crippen molar-refractivity contribution in [1.29, 1.82) is 0 Å². The third kappa shape index (κ3) is 3.53. The number of carboxylic acid groups (broad SMARTS) is 1. The monoisotopic (exact) mass is 275 g/mol. The van der Waals surface area contributed by atoms with Crippen molar-refractivity contribution in [3.8, 4) is 5.82 Å². The molecule has 2 aromatic heterocycles. The molecule has 0 bridgehead atoms. The summed E-state index contributed by atoms with van der Waals surface area (Å²) >= 11 is 0. The molecule has 0 aliphatic heterocycles. The van der Waals surface area contributed by atoms with Gasteiger partial charge in [-0.1, -0.05) is 13.8 Å². The number of hydrogen-bond acceptors (Lipinski definition) is 5. The molecule has 2 rings (SSSR count). The summed E-state index contributed by atoms with van der Waals surface area (Å²) in [4.78, 5) is 19.6. The van der Waals surface area contributed by atoms with Crippen LogP contribution >= 0.6 is 0 Å². The minimum atomic E-state index is -0.898. The molecule has 2 N–H and O–H groups in total. The zero-order chi connectivity index (χ0) is 14.5. The van der Waals surface area contributed by atoms with Crippen LogP contribution in [0.3, 0.4) is 0 Å². The van der Waals surface area contributed by atoms with Crippen molar-refractivity contribution in [2.24, 2.45) is 5.92 Å². The number of nitrogens with zero attached hydrogens (tertiary/aromatic N) is 4. The molecule has 0 aliphatic rings. The molecular weight excluding hydrogens is 258 g/mol. The maximum Gasteiger partial charge on any atom is 0.326 e. The van der Waals surface area contributed by atoms with Crippen LogP contribution in [0.2, 0.25) is 0 Å². The second-order valence-corrected chi connectivity index (χ2v) is 4.88. The minimum Gasteiger partial charge on any atom is -0.480 e. The van der Waals surface area contributed by atoms with Crippen LogP contribution in [0.15, 0.2) is 30.9 Å². The summed E-state index contributed by atoms with van der Waals surface area (Å²) in [5, 5.41) is 16.2. The molecule has 0 aliphatic carbocycles. The molecule has 0 amide bonds. The van der Waals surface area contributed by atoms with Gasteiger partial charge in [-0.3, -0.25) is 4.98 Å². The van der Waals surface area contributed by atoms with Crippen LogP contribution in [-0.2, 0) is 4.79 Å². The van der Waals surface area contributed by atoms with Gasteiger partial charge in [0.2, 0.25) is 0 Å². The summed E-state index contributed by atoms with van der Waals surface area (Å²) in [5.74, 6) is 0.329. The highest BCUT2D eigenvalue weighted by Gasteiger charge is 2.19. The lowest BCUT2D eigenvalue weighted by atomic mass is 10.0. The minimum absolute atomic E-state index is 0.269. The second-order valence-electron chi connectivity index (χ2n) is 4.88. The van der Waals surface area contributed by atoms with E-state index in [9.17, 15) is 9.90 Å². The second kappa shape index (κ2) is 6.14. The van der Waals surface area contributed by atoms with Gasteiger partial charge in [-0.25, -0.2) is 14.5 Å². The van der Waals surface area contributed by atoms with Crippen molar-refractivity contribution in [2.45, 2.75) is 26.3 Å². The van der Waals surface area contributed by atoms with Gasteiger partial charge in [0.05, 0.1) is 12.4 Å². The van der Waals surface area contributed by atoms with Crippen molar-refractivity contribution in [1.82, 2.24) is 19.7 Å². The Labute approximate surface area is 116 Å². The Balaban J connectivity index is 2.16. The SMILES string of the molecule is CC(C)C[C@@H](Nc1cncc(-n2cccn2)n1)C(=O)O. The first-order chi connectivity index (χ1) is 9.56. The number of carbonyl (C=O) groups is 1. The molecule has 2 heterocycles. The zero-order valence-electron chi connectivity index (χ0n) is 11.4. The van der Waals surface area contributed by atoms with Crippen LogP contribution in [-0.4, -0.2) is 36.9 Å². The summed E-state index contributed by atoms with van der Waals surface area (Å²) in [6.07, 6.45) is 6.97. The van der Waals surface area contributed by atoms with E-state index in [0.29, 0.717) is 18.1 Å². The molecule has 106 valence electrons. The fourth-order valence-electron chi connectivity index (χ4n) is 1.81. The standard InChI is InChI=1S/C13H17N5O2/c1-9(2)6-10(13(19)20)16-11-7-14-8-12(17-11)18-5-3-4-15-18/h3-5,7-10H,6H2,1-2H3,(H,16,17)(H,19,20)/t10-/m1/s1. The van der Waals surface area contributed by atoms with Crippen LogP contribution in [0.5, 0.6) is 0 Å². The van der Waals surface area contributed by atoms with Gasteiger partial charge in [0.25, 0.3) is 0 Å². The van der Waals surface area contributed by atoms with Gasteiger partial charge in [-0.15, -0.1) is 0 Å². The van der Waals surface area contributed by atoms with E-state index in [1.54, 1.807) is 29.3 Å². The lowest BCUT2D eigenvalue weighted by Crippen LogP contribution is -2.31. The van der Waals surface area contributed by atoms with E-state index in [1.807, 2.05) is 13.8 Å². The number of anilines is 1. The molecule has 0 saturated carbocycles. The van der Waals surface area contributed by atoms with Gasteiger partial charge in [-0.2, -0.15) is 5.10 Å². The van der Waals surface area contributed by atoms with Crippen molar-refractivity contribution < 1.29 is 9.90 Å². The molecule has 0 spiro atoms. The van der Waals surface area contributed by atoms with E-state index in [1.165, 1.54) is 6.20 Å². The maximum absolute atomic E-state index is 11.2. The van der Waals surface area contributed by atoms with Gasteiger partial charge >= 0.3 is 5.97 Å². The van der Waals surface area contributed by atoms with Crippen molar-refractivity contribution in [3.05, 3.63) is 30.9 Å². The molecule has 2 aromatic rings. The van der Waals surface area contributed by atoms with Crippen LogP contribution in [0.25, 0.3) is 5.82 Å². The molecule has 0 saturated heterocycles. The Kier molecular flexibility index (Phi) is 4.29. The molecule has 0 aromatic carbocycles. The summed E-state index contributed by atoms with van der Waals surface area (Å²) in [6.45, 7) is 3.95. The van der Waals surface area contributed by atoms with Crippen molar-refractivity contribution in [3.63, 3.8) is 0 Å². The van der Waals surface area contributed by atoms with Gasteiger partial charge in [0, 0.05) is 12.4 Å². The fourth-order valence-corrected chi connectivity index (χ4v) is 1.81. The van der Waals surface area contributed by atoms with E-state index >= 15 is 0 Å². The molecule has 7 heteroatoms. The van der Waals surface area contributed by atoms with Crippen molar-refractivity contribution in [2.75, 3.05) is 5.32 Å². The summed E-state index contributed by atoms with van der Waals surface area (Å²) in [7, 11) is 0. The van der Waals surface area contributed by atoms with Crippen LogP contribution in [0.1, 0.15) is 20.3 Å². The maximum atomic E-state index is 11.2. The van der Waals surface area contributed by atoms with E-state index < -0.39 is 12.0 Å². The molecule has 0 unspecified atom stereocenters. The van der Waals surface area contributed by atoms with Gasteiger partial charge in [0.1, 0.15) is 11.9 Å². The van der Waals surface area contributed by atoms with Crippen LogP contribution < -0.4 is 5.32 Å². The number of rotatable bonds is 6. The lowest BCUT2D eigenvalue weighted by Gasteiger charge is -2.17. The predicted octanol–water partition coefficient (Wildman–Crippen LogP) is 1.57. The van der Waals surface area contributed by atoms with Crippen LogP contribution in [0, 0.1) is 5.92 Å². The number of nitrogens with one attached hydrogen (secondary N) is 1. The first kappa shape index (κ1) is 14.0. The number of aliphatic carboxylic acids is 1. The molecular formula is C13H17N5O2. The first-order valence-corrected chi connectivity index (χ1v) is 6.37. The normalized spacial score (nSPS) is 12.3. The molecule has 1 atom stereocenters. The van der Waals surface area contributed by atoms with Gasteiger partial charge < -0.3 is 10.4 Å². The molecule has 7 nitrogen and oxygen atoms in total. The zero-order valence-corrected chi connectivity index (χ0v) is 11.4. The molecule has 20 heavy (non-hydrogen) atoms. The van der Waals surface area contributed by atoms with Crippen molar-refractivity contribution >= 4 is 11.8 Å². The van der Waals surface area contributed by atoms with E-state index in [2.05, 4.69) is 20.4 Å². The first-order valence-electron chi connectivity index (χ1n) is 6.37. The molecule has 0 radical (unpaired) electrons. The Hall–Kier alpha value is -2.44. The Bertz CT molecular complexity index is 568. The Morgan fingerprint density at radius 1 is 1.45 bits per heavy atom. The Morgan fingerprint density at radius 2 is 2.25 bits per heavy atom. The third-order valence-electron chi connectivity index (χ3n) is 2.69. The largest absolute Gasteiger partial charge is 0.480 e. The fraction of sp³-hybridized carbons (Fsp3) is 0.385. The quantitative estimate of drug-likeness (QED) is 0.831. The average molecular weight is 275 g/mol. The highest BCUT2D eigenvalue weighted by Crippen LogP contribution is 2.12. The number of aromatic nitrogens is 4. The molecule has 0 fully saturated rings. The predicted molar refractivity (Wildman–Crippen MR) is 73.7 cm³/mol. The average Bonchev–Trinajstić information content (AvgIpc) is 2.91. The highest BCUT2D eigenvalue weighted by molar-refractivity contribution is 5.76. The van der Waals surface area contributed by atoms with E-state index in [0.717, 1.165) is 0 Å². The van der Waals surface area contributed by atoms with Gasteiger partial charge in [-0.05, 0) is 18.4 Å². The highest BCUT2D eigenvalue weighted by atomic mass is 16.4. The summed E-state index contributed by atoms with van der Waals surface area (Å²) in [6, 6.07) is 1.10. The van der Waals surface area contributed by atoms with Gasteiger partial charge in [0.15, 0.2) is 5.82 Å². The third-order valence-corrected chi connectivity index (χ3v) is 2.69. The Morgan fingerprint density at radius 3 is 2.85 bits per heavy atom. The van der Waals surface area contributed by atoms with E-state index in [4.69, 9.17) is 0 Å². The number of hydrogen-bond donors (Lipinski definition) is 2. The lowest BCUT2D eigenvalue weighted by molar-refractivity contribution is -0.138. The van der Waals surface area contributed by atoms with Crippen LogP contribution in [0.4, 0.5) is 5.82 Å². The summed E-state index contributed by atoms with van der Waals surface area (Å²) < 4.78 is 1.57. The number of carboxylic acids is 1.